The van der Waals surface area contributed by atoms with Crippen LogP contribution < -0.4 is 0 Å². The van der Waals surface area contributed by atoms with E-state index in [0.717, 1.165) is 12.5 Å². The van der Waals surface area contributed by atoms with Crippen molar-refractivity contribution in [3.8, 4) is 0 Å². The highest BCUT2D eigenvalue weighted by Gasteiger charge is 2.32. The minimum absolute atomic E-state index is 0.0267. The molecule has 0 aliphatic carbocycles. The van der Waals surface area contributed by atoms with E-state index in [9.17, 15) is 22.7 Å². The zero-order valence-corrected chi connectivity index (χ0v) is 17.2. The van der Waals surface area contributed by atoms with Crippen molar-refractivity contribution in [2.45, 2.75) is 42.6 Å². The molecule has 2 aliphatic heterocycles. The lowest BCUT2D eigenvalue weighted by atomic mass is 9.94. The van der Waals surface area contributed by atoms with Gasteiger partial charge >= 0.3 is 0 Å². The molecule has 0 bridgehead atoms. The summed E-state index contributed by atoms with van der Waals surface area (Å²) in [4.78, 5) is 14.1. The number of halogens is 1. The van der Waals surface area contributed by atoms with Crippen LogP contribution in [0.5, 0.6) is 0 Å². The molecule has 1 atom stereocenters. The van der Waals surface area contributed by atoms with Crippen LogP contribution in [-0.2, 0) is 10.0 Å². The van der Waals surface area contributed by atoms with E-state index < -0.39 is 21.9 Å². The van der Waals surface area contributed by atoms with Gasteiger partial charge in [0.15, 0.2) is 0 Å². The predicted octanol–water partition coefficient (Wildman–Crippen LogP) is 1.98. The lowest BCUT2D eigenvalue weighted by molar-refractivity contribution is 0.0441. The van der Waals surface area contributed by atoms with Gasteiger partial charge in [-0.3, -0.25) is 4.79 Å². The van der Waals surface area contributed by atoms with Crippen molar-refractivity contribution in [1.29, 1.82) is 0 Å². The Balaban J connectivity index is 1.39. The number of hydrogen-bond donors (Lipinski definition) is 1. The van der Waals surface area contributed by atoms with Crippen molar-refractivity contribution in [3.63, 3.8) is 0 Å². The lowest BCUT2D eigenvalue weighted by Gasteiger charge is -2.30. The Morgan fingerprint density at radius 2 is 1.93 bits per heavy atom. The molecule has 1 N–H and O–H groups in total. The highest BCUT2D eigenvalue weighted by atomic mass is 32.2. The second-order valence-corrected chi connectivity index (χ2v) is 9.74. The van der Waals surface area contributed by atoms with Crippen LogP contribution in [0, 0.1) is 5.82 Å². The molecule has 0 saturated carbocycles. The number of aliphatic hydroxyl groups is 1. The standard InChI is InChI=1S/C20H24FN3O5S/c21-15-3-1-5-17(11-15)30(27,28)24-9-6-14(7-10-24)18-12-19(29-22-18)20(26)23-8-2-4-16(25)13-23/h1,3,5,11-12,14,16,25H,2,4,6-10,13H2/t16-/m1/s1. The maximum absolute atomic E-state index is 13.4. The number of amides is 1. The van der Waals surface area contributed by atoms with Crippen LogP contribution in [0.3, 0.4) is 0 Å². The molecule has 10 heteroatoms. The second kappa shape index (κ2) is 8.44. The van der Waals surface area contributed by atoms with Crippen LogP contribution in [-0.4, -0.2) is 66.1 Å². The fourth-order valence-corrected chi connectivity index (χ4v) is 5.55. The Labute approximate surface area is 174 Å². The van der Waals surface area contributed by atoms with Gasteiger partial charge in [0, 0.05) is 38.2 Å². The molecule has 0 unspecified atom stereocenters. The average molecular weight is 437 g/mol. The van der Waals surface area contributed by atoms with E-state index in [2.05, 4.69) is 5.16 Å². The molecule has 3 heterocycles. The largest absolute Gasteiger partial charge is 0.391 e. The van der Waals surface area contributed by atoms with E-state index in [0.29, 0.717) is 31.5 Å². The summed E-state index contributed by atoms with van der Waals surface area (Å²) in [5.41, 5.74) is 0.624. The SMILES string of the molecule is O=C(c1cc(C2CCN(S(=O)(=O)c3cccc(F)c3)CC2)no1)N1CCC[C@@H](O)C1. The number of β-amino-alcohol motifs (C(OH)–C–C–N with tert-alkyl or cyclic N) is 1. The lowest BCUT2D eigenvalue weighted by Crippen LogP contribution is -2.42. The Morgan fingerprint density at radius 1 is 1.17 bits per heavy atom. The third-order valence-electron chi connectivity index (χ3n) is 5.73. The number of carbonyl (C=O) groups excluding carboxylic acids is 1. The number of sulfonamides is 1. The third kappa shape index (κ3) is 4.26. The van der Waals surface area contributed by atoms with Crippen molar-refractivity contribution >= 4 is 15.9 Å². The first-order valence-electron chi connectivity index (χ1n) is 10.0. The van der Waals surface area contributed by atoms with Crippen molar-refractivity contribution in [3.05, 3.63) is 47.6 Å². The van der Waals surface area contributed by atoms with Gasteiger partial charge in [0.2, 0.25) is 15.8 Å². The highest BCUT2D eigenvalue weighted by molar-refractivity contribution is 7.89. The highest BCUT2D eigenvalue weighted by Crippen LogP contribution is 2.31. The summed E-state index contributed by atoms with van der Waals surface area (Å²) < 4.78 is 45.5. The van der Waals surface area contributed by atoms with Gasteiger partial charge in [0.1, 0.15) is 5.82 Å². The quantitative estimate of drug-likeness (QED) is 0.784. The number of rotatable bonds is 4. The summed E-state index contributed by atoms with van der Waals surface area (Å²) in [6, 6.07) is 6.61. The summed E-state index contributed by atoms with van der Waals surface area (Å²) in [6.07, 6.45) is 1.96. The number of aromatic nitrogens is 1. The molecular weight excluding hydrogens is 413 g/mol. The van der Waals surface area contributed by atoms with E-state index >= 15 is 0 Å². The molecule has 0 radical (unpaired) electrons. The van der Waals surface area contributed by atoms with Crippen molar-refractivity contribution in [1.82, 2.24) is 14.4 Å². The number of hydrogen-bond acceptors (Lipinski definition) is 6. The summed E-state index contributed by atoms with van der Waals surface area (Å²) in [6.45, 7) is 1.41. The van der Waals surface area contributed by atoms with E-state index in [1.165, 1.54) is 22.5 Å². The first-order chi connectivity index (χ1) is 14.3. The summed E-state index contributed by atoms with van der Waals surface area (Å²) >= 11 is 0. The molecule has 1 aromatic heterocycles. The van der Waals surface area contributed by atoms with Crippen molar-refractivity contribution in [2.75, 3.05) is 26.2 Å². The Kier molecular flexibility index (Phi) is 5.90. The number of aliphatic hydroxyl groups excluding tert-OH is 1. The molecule has 2 aliphatic rings. The Bertz CT molecular complexity index is 1020. The molecular formula is C20H24FN3O5S. The summed E-state index contributed by atoms with van der Waals surface area (Å²) in [7, 11) is -3.75. The van der Waals surface area contributed by atoms with Gasteiger partial charge in [0.05, 0.1) is 16.7 Å². The molecule has 0 spiro atoms. The molecule has 2 saturated heterocycles. The van der Waals surface area contributed by atoms with Crippen molar-refractivity contribution in [2.24, 2.45) is 0 Å². The maximum atomic E-state index is 13.4. The maximum Gasteiger partial charge on any atom is 0.292 e. The minimum atomic E-state index is -3.75. The van der Waals surface area contributed by atoms with Crippen molar-refractivity contribution < 1.29 is 27.2 Å². The molecule has 162 valence electrons. The number of nitrogens with zero attached hydrogens (tertiary/aromatic N) is 3. The molecule has 1 amide bonds. The predicted molar refractivity (Wildman–Crippen MR) is 105 cm³/mol. The fraction of sp³-hybridized carbons (Fsp3) is 0.500. The molecule has 30 heavy (non-hydrogen) atoms. The Morgan fingerprint density at radius 3 is 2.63 bits per heavy atom. The van der Waals surface area contributed by atoms with Gasteiger partial charge in [-0.1, -0.05) is 11.2 Å². The van der Waals surface area contributed by atoms with Crippen LogP contribution in [0.1, 0.15) is 47.8 Å². The fourth-order valence-electron chi connectivity index (χ4n) is 4.05. The van der Waals surface area contributed by atoms with Gasteiger partial charge in [-0.15, -0.1) is 0 Å². The zero-order chi connectivity index (χ0) is 21.3. The number of likely N-dealkylation sites (tertiary alicyclic amines) is 1. The molecule has 2 aromatic rings. The van der Waals surface area contributed by atoms with Gasteiger partial charge in [-0.2, -0.15) is 4.31 Å². The number of piperidine rings is 2. The van der Waals surface area contributed by atoms with E-state index in [1.807, 2.05) is 0 Å². The van der Waals surface area contributed by atoms with E-state index in [1.54, 1.807) is 11.0 Å². The van der Waals surface area contributed by atoms with Gasteiger partial charge in [-0.05, 0) is 43.9 Å². The first-order valence-corrected chi connectivity index (χ1v) is 11.5. The van der Waals surface area contributed by atoms with Gasteiger partial charge < -0.3 is 14.5 Å². The van der Waals surface area contributed by atoms with E-state index in [-0.39, 0.29) is 42.1 Å². The summed E-state index contributed by atoms with van der Waals surface area (Å²) in [5, 5.41) is 13.8. The van der Waals surface area contributed by atoms with Crippen LogP contribution in [0.4, 0.5) is 4.39 Å². The first kappa shape index (κ1) is 21.0. The Hall–Kier alpha value is -2.30. The molecule has 1 aromatic carbocycles. The van der Waals surface area contributed by atoms with E-state index in [4.69, 9.17) is 4.52 Å². The summed E-state index contributed by atoms with van der Waals surface area (Å²) in [5.74, 6) is -0.777. The molecule has 8 nitrogen and oxygen atoms in total. The molecule has 4 rings (SSSR count). The zero-order valence-electron chi connectivity index (χ0n) is 16.4. The topological polar surface area (TPSA) is 104 Å². The van der Waals surface area contributed by atoms with Gasteiger partial charge in [-0.25, -0.2) is 12.8 Å². The van der Waals surface area contributed by atoms with Crippen LogP contribution in [0.15, 0.2) is 39.8 Å². The number of carbonyl (C=O) groups is 1. The number of benzene rings is 1. The molecule has 2 fully saturated rings. The second-order valence-electron chi connectivity index (χ2n) is 7.80. The van der Waals surface area contributed by atoms with Gasteiger partial charge in [0.25, 0.3) is 5.91 Å². The monoisotopic (exact) mass is 437 g/mol. The van der Waals surface area contributed by atoms with Crippen LogP contribution in [0.2, 0.25) is 0 Å². The average Bonchev–Trinajstić information content (AvgIpc) is 3.23. The third-order valence-corrected chi connectivity index (χ3v) is 7.62. The smallest absolute Gasteiger partial charge is 0.292 e. The minimum Gasteiger partial charge on any atom is -0.391 e. The normalized spacial score (nSPS) is 21.7. The van der Waals surface area contributed by atoms with Crippen LogP contribution in [0.25, 0.3) is 0 Å². The van der Waals surface area contributed by atoms with Crippen LogP contribution >= 0.6 is 0 Å².